The molecule has 24 heavy (non-hydrogen) atoms. The normalized spacial score (nSPS) is 10.9. The molecule has 5 nitrogen and oxygen atoms in total. The molecule has 0 aliphatic heterocycles. The highest BCUT2D eigenvalue weighted by molar-refractivity contribution is 5.80. The summed E-state index contributed by atoms with van der Waals surface area (Å²) in [6.45, 7) is 3.39. The topological polar surface area (TPSA) is 68.1 Å². The van der Waals surface area contributed by atoms with Crippen molar-refractivity contribution in [2.45, 2.75) is 13.3 Å². The van der Waals surface area contributed by atoms with Crippen LogP contribution in [0, 0.1) is 6.42 Å². The smallest absolute Gasteiger partial charge is 0.381 e. The van der Waals surface area contributed by atoms with Crippen LogP contribution in [0.5, 0.6) is 0 Å². The highest BCUT2D eigenvalue weighted by Crippen LogP contribution is 2.29. The molecule has 0 saturated carbocycles. The number of rotatable bonds is 7. The van der Waals surface area contributed by atoms with Gasteiger partial charge in [-0.25, -0.2) is 4.79 Å². The predicted octanol–water partition coefficient (Wildman–Crippen LogP) is 3.48. The van der Waals surface area contributed by atoms with Crippen molar-refractivity contribution in [3.63, 3.8) is 0 Å². The van der Waals surface area contributed by atoms with Crippen molar-refractivity contribution >= 4 is 0 Å². The van der Waals surface area contributed by atoms with Gasteiger partial charge in [0, 0.05) is 12.2 Å². The molecule has 2 aromatic carbocycles. The fraction of sp³-hybridized carbons (Fsp3) is 0.211. The van der Waals surface area contributed by atoms with Crippen LogP contribution in [0.4, 0.5) is 0 Å². The van der Waals surface area contributed by atoms with E-state index in [9.17, 15) is 4.79 Å². The van der Waals surface area contributed by atoms with Gasteiger partial charge in [-0.15, -0.1) is 0 Å². The molecule has 0 amide bonds. The Balaban J connectivity index is 1.81. The Bertz CT molecular complexity index is 834. The number of benzene rings is 2. The van der Waals surface area contributed by atoms with E-state index in [4.69, 9.17) is 4.74 Å². The van der Waals surface area contributed by atoms with Crippen LogP contribution in [0.25, 0.3) is 22.5 Å². The molecule has 0 atom stereocenters. The number of hydrogen-bond acceptors (Lipinski definition) is 4. The molecule has 3 aromatic rings. The van der Waals surface area contributed by atoms with Crippen molar-refractivity contribution in [2.24, 2.45) is 0 Å². The zero-order valence-electron chi connectivity index (χ0n) is 13.5. The van der Waals surface area contributed by atoms with Crippen LogP contribution in [0.2, 0.25) is 0 Å². The van der Waals surface area contributed by atoms with Crippen molar-refractivity contribution in [1.82, 2.24) is 10.1 Å². The average molecular weight is 323 g/mol. The zero-order chi connectivity index (χ0) is 16.8. The van der Waals surface area contributed by atoms with E-state index >= 15 is 0 Å². The minimum absolute atomic E-state index is 0.435. The maximum absolute atomic E-state index is 11.2. The van der Waals surface area contributed by atoms with Gasteiger partial charge in [0.15, 0.2) is 5.82 Å². The summed E-state index contributed by atoms with van der Waals surface area (Å²) in [6.07, 6.45) is 2.99. The molecule has 0 saturated heterocycles. The number of aromatic nitrogens is 2. The third-order valence-electron chi connectivity index (χ3n) is 3.71. The van der Waals surface area contributed by atoms with E-state index in [-0.39, 0.29) is 0 Å². The monoisotopic (exact) mass is 323 g/mol. The Morgan fingerprint density at radius 1 is 1.12 bits per heavy atom. The number of nitrogens with zero attached hydrogens (tertiary/aromatic N) is 1. The lowest BCUT2D eigenvalue weighted by atomic mass is 9.97. The number of nitrogens with one attached hydrogen (secondary N) is 1. The third kappa shape index (κ3) is 3.81. The van der Waals surface area contributed by atoms with Crippen LogP contribution in [0.3, 0.4) is 0 Å². The lowest BCUT2D eigenvalue weighted by molar-refractivity contribution is 0.167. The van der Waals surface area contributed by atoms with E-state index in [0.717, 1.165) is 29.7 Å². The van der Waals surface area contributed by atoms with Gasteiger partial charge < -0.3 is 4.74 Å². The Labute approximate surface area is 140 Å². The molecule has 0 unspecified atom stereocenters. The Kier molecular flexibility index (Phi) is 5.23. The van der Waals surface area contributed by atoms with Crippen molar-refractivity contribution in [2.75, 3.05) is 13.2 Å². The second-order valence-electron chi connectivity index (χ2n) is 5.34. The molecule has 0 spiro atoms. The number of aromatic amines is 1. The van der Waals surface area contributed by atoms with Crippen LogP contribution >= 0.6 is 0 Å². The molecule has 1 N–H and O–H groups in total. The Morgan fingerprint density at radius 3 is 2.54 bits per heavy atom. The van der Waals surface area contributed by atoms with E-state index in [1.165, 1.54) is 5.56 Å². The van der Waals surface area contributed by atoms with Crippen molar-refractivity contribution in [1.29, 1.82) is 0 Å². The molecule has 5 heteroatoms. The molecule has 3 rings (SSSR count). The summed E-state index contributed by atoms with van der Waals surface area (Å²) in [5.41, 5.74) is 4.11. The van der Waals surface area contributed by atoms with Crippen molar-refractivity contribution in [3.05, 3.63) is 71.1 Å². The first-order chi connectivity index (χ1) is 11.8. The average Bonchev–Trinajstić information content (AvgIpc) is 3.06. The maximum Gasteiger partial charge on any atom is 0.439 e. The van der Waals surface area contributed by atoms with Crippen LogP contribution in [0.15, 0.2) is 57.8 Å². The van der Waals surface area contributed by atoms with Crippen LogP contribution < -0.4 is 5.76 Å². The van der Waals surface area contributed by atoms with Gasteiger partial charge in [-0.2, -0.15) is 0 Å². The molecule has 1 radical (unpaired) electrons. The third-order valence-corrected chi connectivity index (χ3v) is 3.71. The first kappa shape index (κ1) is 16.2. The zero-order valence-corrected chi connectivity index (χ0v) is 13.5. The number of H-pyrrole nitrogens is 1. The first-order valence-electron chi connectivity index (χ1n) is 7.92. The van der Waals surface area contributed by atoms with E-state index in [1.54, 1.807) is 0 Å². The summed E-state index contributed by atoms with van der Waals surface area (Å²) in [5.74, 6) is -0.121. The fourth-order valence-electron chi connectivity index (χ4n) is 2.53. The summed E-state index contributed by atoms with van der Waals surface area (Å²) in [4.78, 5) is 13.8. The Morgan fingerprint density at radius 2 is 1.88 bits per heavy atom. The molecule has 0 aliphatic rings. The van der Waals surface area contributed by atoms with Gasteiger partial charge in [0.05, 0.1) is 6.61 Å². The minimum atomic E-state index is -0.556. The fourth-order valence-corrected chi connectivity index (χ4v) is 2.53. The van der Waals surface area contributed by atoms with Gasteiger partial charge in [-0.3, -0.25) is 9.51 Å². The van der Waals surface area contributed by atoms with Gasteiger partial charge in [-0.05, 0) is 36.5 Å². The van der Waals surface area contributed by atoms with E-state index in [1.807, 2.05) is 31.2 Å². The lowest BCUT2D eigenvalue weighted by Crippen LogP contribution is -1.97. The lowest BCUT2D eigenvalue weighted by Gasteiger charge is -2.08. The predicted molar refractivity (Wildman–Crippen MR) is 92.5 cm³/mol. The van der Waals surface area contributed by atoms with Gasteiger partial charge in [0.25, 0.3) is 0 Å². The molecule has 0 aliphatic carbocycles. The largest absolute Gasteiger partial charge is 0.439 e. The molecule has 123 valence electrons. The summed E-state index contributed by atoms with van der Waals surface area (Å²) >= 11 is 0. The summed E-state index contributed by atoms with van der Waals surface area (Å²) in [7, 11) is 0. The molecular formula is C19H19N2O3. The molecule has 0 fully saturated rings. The van der Waals surface area contributed by atoms with E-state index < -0.39 is 5.76 Å². The minimum Gasteiger partial charge on any atom is -0.381 e. The van der Waals surface area contributed by atoms with Crippen molar-refractivity contribution < 1.29 is 9.26 Å². The second-order valence-corrected chi connectivity index (χ2v) is 5.34. The first-order valence-corrected chi connectivity index (χ1v) is 7.92. The van der Waals surface area contributed by atoms with Gasteiger partial charge in [0.2, 0.25) is 0 Å². The summed E-state index contributed by atoms with van der Waals surface area (Å²) in [5, 5.41) is 3.79. The Hall–Kier alpha value is -2.66. The van der Waals surface area contributed by atoms with Gasteiger partial charge in [-0.1, -0.05) is 53.7 Å². The van der Waals surface area contributed by atoms with Crippen molar-refractivity contribution in [3.8, 4) is 22.5 Å². The van der Waals surface area contributed by atoms with Crippen LogP contribution in [-0.2, 0) is 11.2 Å². The SMILES string of the molecule is CCOC[CH]Cc1ccc(-c2ccccc2-c2noc(=O)[nH]2)cc1. The highest BCUT2D eigenvalue weighted by Gasteiger charge is 2.11. The quantitative estimate of drug-likeness (QED) is 0.676. The second kappa shape index (κ2) is 7.75. The van der Waals surface area contributed by atoms with Gasteiger partial charge in [0.1, 0.15) is 0 Å². The molecule has 1 heterocycles. The number of ether oxygens (including phenoxy) is 1. The standard InChI is InChI=1S/C19H19N2O3/c1-2-23-13-5-6-14-9-11-15(12-10-14)16-7-3-4-8-17(16)18-20-19(22)24-21-18/h3-5,7-12H,2,6,13H2,1H3,(H,20,21,22). The molecule has 0 bridgehead atoms. The maximum atomic E-state index is 11.2. The summed E-state index contributed by atoms with van der Waals surface area (Å²) in [6, 6.07) is 16.1. The van der Waals surface area contributed by atoms with Crippen LogP contribution in [-0.4, -0.2) is 23.4 Å². The van der Waals surface area contributed by atoms with Gasteiger partial charge >= 0.3 is 5.76 Å². The molecular weight excluding hydrogens is 304 g/mol. The highest BCUT2D eigenvalue weighted by atomic mass is 16.5. The van der Waals surface area contributed by atoms with E-state index in [2.05, 4.69) is 45.4 Å². The van der Waals surface area contributed by atoms with E-state index in [0.29, 0.717) is 12.4 Å². The summed E-state index contributed by atoms with van der Waals surface area (Å²) < 4.78 is 9.93. The molecule has 1 aromatic heterocycles. The number of hydrogen-bond donors (Lipinski definition) is 1. The van der Waals surface area contributed by atoms with Crippen LogP contribution in [0.1, 0.15) is 12.5 Å².